The zero-order valence-electron chi connectivity index (χ0n) is 1.94. The van der Waals surface area contributed by atoms with Gasteiger partial charge in [0.1, 0.15) is 0 Å². The Hall–Kier alpha value is 0.790. The lowest BCUT2D eigenvalue weighted by Gasteiger charge is -1.66. The molecule has 0 fully saturated rings. The van der Waals surface area contributed by atoms with E-state index in [9.17, 15) is 0 Å². The van der Waals surface area contributed by atoms with Gasteiger partial charge in [-0.05, 0) is 12.0 Å². The monoisotopic (exact) mass is 142 g/mol. The average molecular weight is 143 g/mol. The molecule has 0 aliphatic carbocycles. The number of alkyl halides is 1. The summed E-state index contributed by atoms with van der Waals surface area (Å²) in [5.41, 5.74) is 0. The van der Waals surface area contributed by atoms with Crippen molar-refractivity contribution in [2.24, 2.45) is 0 Å². The second-order valence-corrected chi connectivity index (χ2v) is 2.09. The van der Waals surface area contributed by atoms with Gasteiger partial charge in [0.15, 0.2) is 0 Å². The fourth-order valence-corrected chi connectivity index (χ4v) is 0. The van der Waals surface area contributed by atoms with Crippen LogP contribution in [0.5, 0.6) is 0 Å². The minimum atomic E-state index is 0.604. The van der Waals surface area contributed by atoms with E-state index >= 15 is 0 Å². The molecule has 0 atom stereocenters. The fraction of sp³-hybridized carbons (Fsp3) is 1.00. The van der Waals surface area contributed by atoms with Crippen LogP contribution in [0.1, 0.15) is 0 Å². The SMILES string of the molecule is OSCBr. The third-order valence-corrected chi connectivity index (χ3v) is 0.761. The minimum Gasteiger partial charge on any atom is -0.329 e. The Morgan fingerprint density at radius 1 is 2.00 bits per heavy atom. The number of hydrogen-bond acceptors (Lipinski definition) is 2. The third kappa shape index (κ3) is 2.79. The maximum Gasteiger partial charge on any atom is 0.0751 e. The molecule has 0 aromatic carbocycles. The van der Waals surface area contributed by atoms with Crippen LogP contribution in [0.3, 0.4) is 0 Å². The van der Waals surface area contributed by atoms with Crippen molar-refractivity contribution in [1.82, 2.24) is 0 Å². The van der Waals surface area contributed by atoms with E-state index < -0.39 is 0 Å². The maximum absolute atomic E-state index is 7.74. The Kier molecular flexibility index (Phi) is 4.54. The van der Waals surface area contributed by atoms with Crippen LogP contribution in [0.25, 0.3) is 0 Å². The van der Waals surface area contributed by atoms with Crippen LogP contribution in [0.2, 0.25) is 0 Å². The van der Waals surface area contributed by atoms with Gasteiger partial charge in [-0.2, -0.15) is 0 Å². The van der Waals surface area contributed by atoms with Crippen molar-refractivity contribution in [2.75, 3.05) is 4.66 Å². The van der Waals surface area contributed by atoms with E-state index in [0.717, 1.165) is 12.0 Å². The highest BCUT2D eigenvalue weighted by atomic mass is 79.9. The summed E-state index contributed by atoms with van der Waals surface area (Å²) in [5, 5.41) is 0. The molecule has 0 heterocycles. The van der Waals surface area contributed by atoms with E-state index in [4.69, 9.17) is 4.55 Å². The molecule has 3 heteroatoms. The zero-order valence-corrected chi connectivity index (χ0v) is 4.34. The van der Waals surface area contributed by atoms with E-state index in [2.05, 4.69) is 15.9 Å². The van der Waals surface area contributed by atoms with E-state index in [1.807, 2.05) is 0 Å². The molecule has 1 nitrogen and oxygen atoms in total. The topological polar surface area (TPSA) is 20.2 Å². The summed E-state index contributed by atoms with van der Waals surface area (Å²) in [5.74, 6) is 0. The molecule has 1 N–H and O–H groups in total. The molecule has 0 radical (unpaired) electrons. The van der Waals surface area contributed by atoms with Crippen molar-refractivity contribution in [3.63, 3.8) is 0 Å². The van der Waals surface area contributed by atoms with Gasteiger partial charge in [-0.15, -0.1) is 0 Å². The number of halogens is 1. The van der Waals surface area contributed by atoms with Gasteiger partial charge in [0.2, 0.25) is 0 Å². The summed E-state index contributed by atoms with van der Waals surface area (Å²) >= 11 is 3.73. The molecule has 0 unspecified atom stereocenters. The molecule has 0 aromatic rings. The van der Waals surface area contributed by atoms with Crippen molar-refractivity contribution >= 4 is 28.0 Å². The first-order chi connectivity index (χ1) is 1.91. The predicted molar refractivity (Wildman–Crippen MR) is 24.0 cm³/mol. The van der Waals surface area contributed by atoms with E-state index in [0.29, 0.717) is 4.66 Å². The largest absolute Gasteiger partial charge is 0.329 e. The Morgan fingerprint density at radius 3 is 2.25 bits per heavy atom. The lowest BCUT2D eigenvalue weighted by molar-refractivity contribution is 0.668. The van der Waals surface area contributed by atoms with Crippen LogP contribution in [0, 0.1) is 0 Å². The predicted octanol–water partition coefficient (Wildman–Crippen LogP) is 1.55. The van der Waals surface area contributed by atoms with Crippen molar-refractivity contribution in [1.29, 1.82) is 0 Å². The number of rotatable bonds is 1. The first kappa shape index (κ1) is 4.79. The zero-order chi connectivity index (χ0) is 3.41. The molecule has 0 rings (SSSR count). The maximum atomic E-state index is 7.74. The Bertz CT molecular complexity index is 10.0. The standard InChI is InChI=1S/CH3BrOS/c2-1-4-3/h3H,1H2. The molecule has 0 bridgehead atoms. The van der Waals surface area contributed by atoms with Crippen molar-refractivity contribution in [3.05, 3.63) is 0 Å². The van der Waals surface area contributed by atoms with Gasteiger partial charge in [-0.3, -0.25) is 0 Å². The van der Waals surface area contributed by atoms with Crippen LogP contribution in [0.15, 0.2) is 0 Å². The van der Waals surface area contributed by atoms with E-state index in [1.165, 1.54) is 0 Å². The summed E-state index contributed by atoms with van der Waals surface area (Å²) in [6.07, 6.45) is 0. The summed E-state index contributed by atoms with van der Waals surface area (Å²) in [7, 11) is 0. The van der Waals surface area contributed by atoms with Crippen molar-refractivity contribution in [2.45, 2.75) is 0 Å². The van der Waals surface area contributed by atoms with Gasteiger partial charge in [0, 0.05) is 0 Å². The number of hydrogen-bond donors (Lipinski definition) is 1. The molecular formula is CH3BrOS. The average Bonchev–Trinajstić information content (AvgIpc) is 1.37. The lowest BCUT2D eigenvalue weighted by Crippen LogP contribution is -1.45. The van der Waals surface area contributed by atoms with Gasteiger partial charge >= 0.3 is 0 Å². The summed E-state index contributed by atoms with van der Waals surface area (Å²) < 4.78 is 8.35. The van der Waals surface area contributed by atoms with Gasteiger partial charge in [0.25, 0.3) is 0 Å². The van der Waals surface area contributed by atoms with E-state index in [-0.39, 0.29) is 0 Å². The molecule has 0 aliphatic heterocycles. The van der Waals surface area contributed by atoms with Gasteiger partial charge < -0.3 is 4.55 Å². The van der Waals surface area contributed by atoms with Crippen LogP contribution < -0.4 is 0 Å². The molecule has 0 saturated heterocycles. The highest BCUT2D eigenvalue weighted by molar-refractivity contribution is 9.10. The molecule has 0 spiro atoms. The molecule has 4 heavy (non-hydrogen) atoms. The van der Waals surface area contributed by atoms with Crippen LogP contribution in [-0.2, 0) is 0 Å². The van der Waals surface area contributed by atoms with Crippen LogP contribution in [-0.4, -0.2) is 9.21 Å². The Balaban J connectivity index is 1.97. The summed E-state index contributed by atoms with van der Waals surface area (Å²) in [6.45, 7) is 0. The second kappa shape index (κ2) is 3.79. The van der Waals surface area contributed by atoms with Gasteiger partial charge in [-0.25, -0.2) is 0 Å². The highest BCUT2D eigenvalue weighted by Gasteiger charge is 1.60. The molecule has 0 saturated carbocycles. The molecule has 26 valence electrons. The van der Waals surface area contributed by atoms with Gasteiger partial charge in [-0.1, -0.05) is 15.9 Å². The molecular weight excluding hydrogens is 140 g/mol. The normalized spacial score (nSPS) is 7.50. The minimum absolute atomic E-state index is 0.604. The van der Waals surface area contributed by atoms with E-state index in [1.54, 1.807) is 0 Å². The van der Waals surface area contributed by atoms with Crippen molar-refractivity contribution in [3.8, 4) is 0 Å². The summed E-state index contributed by atoms with van der Waals surface area (Å²) in [6, 6.07) is 0. The highest BCUT2D eigenvalue weighted by Crippen LogP contribution is 1.93. The van der Waals surface area contributed by atoms with Crippen LogP contribution in [0.4, 0.5) is 0 Å². The quantitative estimate of drug-likeness (QED) is 0.443. The lowest BCUT2D eigenvalue weighted by atomic mass is 11.9. The Morgan fingerprint density at radius 2 is 2.25 bits per heavy atom. The first-order valence-corrected chi connectivity index (χ1v) is 2.80. The summed E-state index contributed by atoms with van der Waals surface area (Å²) in [4.78, 5) is 0. The second-order valence-electron chi connectivity index (χ2n) is 0.238. The molecule has 0 aromatic heterocycles. The van der Waals surface area contributed by atoms with Gasteiger partial charge in [0.05, 0.1) is 4.66 Å². The first-order valence-electron chi connectivity index (χ1n) is 0.739. The fourth-order valence-electron chi connectivity index (χ4n) is 0. The molecule has 0 aliphatic rings. The Labute approximate surface area is 37.7 Å². The molecule has 0 amide bonds. The third-order valence-electron chi connectivity index (χ3n) is 0.0488. The smallest absolute Gasteiger partial charge is 0.0751 e. The van der Waals surface area contributed by atoms with Crippen LogP contribution >= 0.6 is 28.0 Å². The van der Waals surface area contributed by atoms with Crippen molar-refractivity contribution < 1.29 is 4.55 Å².